The Kier molecular flexibility index (Phi) is 2.67. The number of nitrogens with one attached hydrogen (secondary N) is 1. The van der Waals surface area contributed by atoms with E-state index in [1.54, 1.807) is 0 Å². The van der Waals surface area contributed by atoms with Crippen LogP contribution in [0.2, 0.25) is 0 Å². The molecule has 1 atom stereocenters. The number of para-hydroxylation sites is 1. The average Bonchev–Trinajstić information content (AvgIpc) is 2.92. The molecule has 0 saturated carbocycles. The topological polar surface area (TPSA) is 74.8 Å². The average molecular weight is 287 g/mol. The predicted octanol–water partition coefficient (Wildman–Crippen LogP) is 3.39. The number of H-pyrrole nitrogens is 1. The summed E-state index contributed by atoms with van der Waals surface area (Å²) in [6.07, 6.45) is 0. The predicted molar refractivity (Wildman–Crippen MR) is 84.0 cm³/mol. The van der Waals surface area contributed by atoms with Crippen molar-refractivity contribution >= 4 is 10.9 Å². The lowest BCUT2D eigenvalue weighted by atomic mass is 9.84. The summed E-state index contributed by atoms with van der Waals surface area (Å²) in [6.45, 7) is 0. The Labute approximate surface area is 127 Å². The number of aromatic nitrogens is 1. The molecular weight excluding hydrogens is 274 g/mol. The van der Waals surface area contributed by atoms with E-state index >= 15 is 0 Å². The molecule has 22 heavy (non-hydrogen) atoms. The van der Waals surface area contributed by atoms with Crippen molar-refractivity contribution in [2.75, 3.05) is 0 Å². The number of nitrogens with zero attached hydrogens (tertiary/aromatic N) is 1. The second-order valence-corrected chi connectivity index (χ2v) is 5.25. The second kappa shape index (κ2) is 4.68. The highest BCUT2D eigenvalue weighted by molar-refractivity contribution is 5.88. The van der Waals surface area contributed by atoms with Gasteiger partial charge in [-0.15, -0.1) is 0 Å². The fourth-order valence-corrected chi connectivity index (χ4v) is 3.06. The summed E-state index contributed by atoms with van der Waals surface area (Å²) in [7, 11) is 0. The molecule has 2 heterocycles. The number of aromatic amines is 1. The molecule has 0 amide bonds. The van der Waals surface area contributed by atoms with Gasteiger partial charge in [0.15, 0.2) is 0 Å². The van der Waals surface area contributed by atoms with Gasteiger partial charge in [-0.2, -0.15) is 5.26 Å². The van der Waals surface area contributed by atoms with Crippen molar-refractivity contribution in [1.29, 1.82) is 5.26 Å². The van der Waals surface area contributed by atoms with Gasteiger partial charge in [0, 0.05) is 16.5 Å². The number of hydrogen-bond acceptors (Lipinski definition) is 3. The van der Waals surface area contributed by atoms with E-state index < -0.39 is 0 Å². The molecular formula is C18H13N3O. The van der Waals surface area contributed by atoms with E-state index in [0.717, 1.165) is 22.0 Å². The van der Waals surface area contributed by atoms with Crippen molar-refractivity contribution < 1.29 is 4.74 Å². The van der Waals surface area contributed by atoms with E-state index in [1.165, 1.54) is 0 Å². The first-order valence-corrected chi connectivity index (χ1v) is 7.02. The van der Waals surface area contributed by atoms with E-state index in [-0.39, 0.29) is 11.8 Å². The zero-order chi connectivity index (χ0) is 15.1. The van der Waals surface area contributed by atoms with Crippen LogP contribution in [-0.4, -0.2) is 4.98 Å². The first kappa shape index (κ1) is 12.5. The molecule has 3 N–H and O–H groups in total. The lowest BCUT2D eigenvalue weighted by Crippen LogP contribution is -2.20. The van der Waals surface area contributed by atoms with Crippen LogP contribution >= 0.6 is 0 Å². The minimum Gasteiger partial charge on any atom is -0.424 e. The largest absolute Gasteiger partial charge is 0.424 e. The maximum atomic E-state index is 9.55. The van der Waals surface area contributed by atoms with Gasteiger partial charge in [0.05, 0.1) is 5.92 Å². The van der Waals surface area contributed by atoms with Gasteiger partial charge in [0.2, 0.25) is 11.8 Å². The number of benzene rings is 2. The molecule has 0 radical (unpaired) electrons. The van der Waals surface area contributed by atoms with Gasteiger partial charge >= 0.3 is 0 Å². The summed E-state index contributed by atoms with van der Waals surface area (Å²) in [5, 5.41) is 10.6. The summed E-state index contributed by atoms with van der Waals surface area (Å²) in [4.78, 5) is 3.25. The zero-order valence-electron chi connectivity index (χ0n) is 11.7. The van der Waals surface area contributed by atoms with Crippen LogP contribution in [0.1, 0.15) is 17.0 Å². The van der Waals surface area contributed by atoms with Crippen molar-refractivity contribution in [3.05, 3.63) is 77.2 Å². The quantitative estimate of drug-likeness (QED) is 0.720. The zero-order valence-corrected chi connectivity index (χ0v) is 11.7. The molecule has 3 aromatic rings. The Morgan fingerprint density at radius 1 is 1.05 bits per heavy atom. The highest BCUT2D eigenvalue weighted by atomic mass is 16.5. The normalized spacial score (nSPS) is 17.0. The maximum Gasteiger partial charge on any atom is 0.207 e. The SMILES string of the molecule is N#CC1=C(N)Oc2[nH]c3ccccc3c2C1c1ccccc1. The highest BCUT2D eigenvalue weighted by Gasteiger charge is 2.33. The minimum atomic E-state index is -0.217. The van der Waals surface area contributed by atoms with Crippen molar-refractivity contribution in [2.24, 2.45) is 5.73 Å². The van der Waals surface area contributed by atoms with E-state index in [9.17, 15) is 5.26 Å². The van der Waals surface area contributed by atoms with Gasteiger partial charge in [0.25, 0.3) is 0 Å². The Hall–Kier alpha value is -3.19. The smallest absolute Gasteiger partial charge is 0.207 e. The molecule has 0 fully saturated rings. The Morgan fingerprint density at radius 3 is 2.55 bits per heavy atom. The van der Waals surface area contributed by atoms with Gasteiger partial charge in [-0.1, -0.05) is 48.5 Å². The summed E-state index contributed by atoms with van der Waals surface area (Å²) < 4.78 is 5.65. The van der Waals surface area contributed by atoms with E-state index in [0.29, 0.717) is 11.5 Å². The fraction of sp³-hybridized carbons (Fsp3) is 0.0556. The summed E-state index contributed by atoms with van der Waals surface area (Å²) in [5.41, 5.74) is 9.38. The molecule has 1 unspecified atom stereocenters. The first-order chi connectivity index (χ1) is 10.8. The summed E-state index contributed by atoms with van der Waals surface area (Å²) in [5.74, 6) is 0.563. The van der Waals surface area contributed by atoms with Gasteiger partial charge in [-0.3, -0.25) is 0 Å². The van der Waals surface area contributed by atoms with Crippen LogP contribution in [0.5, 0.6) is 5.88 Å². The summed E-state index contributed by atoms with van der Waals surface area (Å²) >= 11 is 0. The molecule has 4 rings (SSSR count). The Bertz CT molecular complexity index is 932. The number of nitriles is 1. The third kappa shape index (κ3) is 1.69. The molecule has 0 bridgehead atoms. The van der Waals surface area contributed by atoms with Gasteiger partial charge in [-0.05, 0) is 11.6 Å². The number of allylic oxidation sites excluding steroid dienone is 1. The molecule has 0 aliphatic carbocycles. The van der Waals surface area contributed by atoms with Crippen molar-refractivity contribution in [2.45, 2.75) is 5.92 Å². The van der Waals surface area contributed by atoms with Crippen LogP contribution in [0.3, 0.4) is 0 Å². The maximum absolute atomic E-state index is 9.55. The molecule has 0 spiro atoms. The Balaban J connectivity index is 2.05. The van der Waals surface area contributed by atoms with Crippen LogP contribution in [0.4, 0.5) is 0 Å². The van der Waals surface area contributed by atoms with Gasteiger partial charge < -0.3 is 15.5 Å². The molecule has 2 aromatic carbocycles. The van der Waals surface area contributed by atoms with Crippen molar-refractivity contribution in [3.63, 3.8) is 0 Å². The monoisotopic (exact) mass is 287 g/mol. The van der Waals surface area contributed by atoms with Gasteiger partial charge in [0.1, 0.15) is 11.6 Å². The lowest BCUT2D eigenvalue weighted by Gasteiger charge is -2.24. The highest BCUT2D eigenvalue weighted by Crippen LogP contribution is 2.45. The molecule has 1 aliphatic heterocycles. The summed E-state index contributed by atoms with van der Waals surface area (Å²) in [6, 6.07) is 20.1. The van der Waals surface area contributed by atoms with Crippen LogP contribution in [-0.2, 0) is 0 Å². The molecule has 106 valence electrons. The minimum absolute atomic E-state index is 0.162. The molecule has 1 aromatic heterocycles. The second-order valence-electron chi connectivity index (χ2n) is 5.25. The number of ether oxygens (including phenoxy) is 1. The van der Waals surface area contributed by atoms with Gasteiger partial charge in [-0.25, -0.2) is 0 Å². The van der Waals surface area contributed by atoms with Crippen molar-refractivity contribution in [3.8, 4) is 11.9 Å². The molecule has 4 heteroatoms. The fourth-order valence-electron chi connectivity index (χ4n) is 3.06. The number of hydrogen-bond donors (Lipinski definition) is 2. The lowest BCUT2D eigenvalue weighted by molar-refractivity contribution is 0.382. The van der Waals surface area contributed by atoms with Crippen LogP contribution in [0, 0.1) is 11.3 Å². The number of nitrogens with two attached hydrogens (primary N) is 1. The standard InChI is InChI=1S/C18H13N3O/c19-10-13-15(11-6-2-1-3-7-11)16-12-8-4-5-9-14(12)21-18(16)22-17(13)20/h1-9,15,21H,20H2. The third-order valence-electron chi connectivity index (χ3n) is 4.02. The number of fused-ring (bicyclic) bond motifs is 3. The van der Waals surface area contributed by atoms with Crippen LogP contribution in [0.15, 0.2) is 66.1 Å². The van der Waals surface area contributed by atoms with Crippen LogP contribution < -0.4 is 10.5 Å². The van der Waals surface area contributed by atoms with E-state index in [2.05, 4.69) is 11.1 Å². The third-order valence-corrected chi connectivity index (χ3v) is 4.02. The Morgan fingerprint density at radius 2 is 1.77 bits per heavy atom. The molecule has 0 saturated heterocycles. The molecule has 1 aliphatic rings. The van der Waals surface area contributed by atoms with E-state index in [1.807, 2.05) is 54.6 Å². The van der Waals surface area contributed by atoms with Crippen LogP contribution in [0.25, 0.3) is 10.9 Å². The first-order valence-electron chi connectivity index (χ1n) is 7.02. The van der Waals surface area contributed by atoms with E-state index in [4.69, 9.17) is 10.5 Å². The number of rotatable bonds is 1. The molecule has 4 nitrogen and oxygen atoms in total. The van der Waals surface area contributed by atoms with Crippen molar-refractivity contribution in [1.82, 2.24) is 4.98 Å².